The van der Waals surface area contributed by atoms with Crippen molar-refractivity contribution in [1.82, 2.24) is 0 Å². The van der Waals surface area contributed by atoms with Crippen LogP contribution in [0.3, 0.4) is 0 Å². The van der Waals surface area contributed by atoms with Crippen molar-refractivity contribution in [3.63, 3.8) is 0 Å². The zero-order chi connectivity index (χ0) is 10.9. The third kappa shape index (κ3) is 2.21. The fraction of sp³-hybridized carbons (Fsp3) is 0.400. The molecule has 0 aliphatic heterocycles. The summed E-state index contributed by atoms with van der Waals surface area (Å²) in [5.41, 5.74) is 0.100. The monoisotopic (exact) mass is 222 g/mol. The van der Waals surface area contributed by atoms with E-state index in [0.717, 1.165) is 6.07 Å². The van der Waals surface area contributed by atoms with Gasteiger partial charge in [-0.1, -0.05) is 18.5 Å². The molecule has 0 N–H and O–H groups in total. The van der Waals surface area contributed by atoms with Gasteiger partial charge in [-0.3, -0.25) is 0 Å². The minimum atomic E-state index is -4.29. The Bertz CT molecular complexity index is 342. The van der Waals surface area contributed by atoms with Crippen LogP contribution in [0.15, 0.2) is 12.1 Å². The average molecular weight is 223 g/mol. The highest BCUT2D eigenvalue weighted by molar-refractivity contribution is 6.31. The van der Waals surface area contributed by atoms with E-state index < -0.39 is 11.7 Å². The first-order valence-electron chi connectivity index (χ1n) is 4.22. The van der Waals surface area contributed by atoms with Gasteiger partial charge in [0, 0.05) is 5.02 Å². The van der Waals surface area contributed by atoms with Crippen molar-refractivity contribution < 1.29 is 13.2 Å². The molecule has 78 valence electrons. The second-order valence-corrected chi connectivity index (χ2v) is 3.52. The molecule has 0 spiro atoms. The van der Waals surface area contributed by atoms with Crippen LogP contribution in [0, 0.1) is 6.92 Å². The molecule has 1 aromatic carbocycles. The van der Waals surface area contributed by atoms with Crippen molar-refractivity contribution in [3.8, 4) is 0 Å². The molecule has 1 aromatic rings. The van der Waals surface area contributed by atoms with Gasteiger partial charge in [-0.2, -0.15) is 13.2 Å². The smallest absolute Gasteiger partial charge is 0.166 e. The van der Waals surface area contributed by atoms with Gasteiger partial charge in [-0.15, -0.1) is 0 Å². The third-order valence-electron chi connectivity index (χ3n) is 2.08. The summed E-state index contributed by atoms with van der Waals surface area (Å²) in [6.07, 6.45) is -3.79. The predicted octanol–water partition coefficient (Wildman–Crippen LogP) is 4.23. The summed E-state index contributed by atoms with van der Waals surface area (Å²) >= 11 is 5.78. The number of hydrogen-bond acceptors (Lipinski definition) is 0. The Morgan fingerprint density at radius 2 is 1.86 bits per heavy atom. The van der Waals surface area contributed by atoms with Crippen LogP contribution in [0.2, 0.25) is 5.02 Å². The van der Waals surface area contributed by atoms with E-state index >= 15 is 0 Å². The standard InChI is InChI=1S/C10H10ClF3/c1-3-7-5-8(10(12,13)14)6(2)4-9(7)11/h4-5H,3H2,1-2H3. The Labute approximate surface area is 85.7 Å². The SMILES string of the molecule is CCc1cc(C(F)(F)F)c(C)cc1Cl. The molecule has 0 fully saturated rings. The second-order valence-electron chi connectivity index (χ2n) is 3.11. The van der Waals surface area contributed by atoms with Gasteiger partial charge in [0.1, 0.15) is 0 Å². The van der Waals surface area contributed by atoms with Crippen LogP contribution in [-0.2, 0) is 12.6 Å². The van der Waals surface area contributed by atoms with Crippen LogP contribution in [-0.4, -0.2) is 0 Å². The number of alkyl halides is 3. The molecule has 0 saturated carbocycles. The summed E-state index contributed by atoms with van der Waals surface area (Å²) in [7, 11) is 0. The van der Waals surface area contributed by atoms with Crippen LogP contribution < -0.4 is 0 Å². The van der Waals surface area contributed by atoms with Crippen molar-refractivity contribution in [2.45, 2.75) is 26.4 Å². The van der Waals surface area contributed by atoms with Crippen LogP contribution >= 0.6 is 11.6 Å². The molecular formula is C10H10ClF3. The molecule has 0 aromatic heterocycles. The Hall–Kier alpha value is -0.700. The Balaban J connectivity index is 3.32. The first-order chi connectivity index (χ1) is 6.36. The minimum Gasteiger partial charge on any atom is -0.166 e. The second kappa shape index (κ2) is 3.81. The molecule has 0 unspecified atom stereocenters. The van der Waals surface area contributed by atoms with Crippen molar-refractivity contribution in [1.29, 1.82) is 0 Å². The highest BCUT2D eigenvalue weighted by Gasteiger charge is 2.32. The van der Waals surface area contributed by atoms with Gasteiger partial charge in [0.05, 0.1) is 5.56 Å². The van der Waals surface area contributed by atoms with Crippen LogP contribution in [0.4, 0.5) is 13.2 Å². The Kier molecular flexibility index (Phi) is 3.10. The third-order valence-corrected chi connectivity index (χ3v) is 2.43. The topological polar surface area (TPSA) is 0 Å². The van der Waals surface area contributed by atoms with Crippen molar-refractivity contribution >= 4 is 11.6 Å². The lowest BCUT2D eigenvalue weighted by atomic mass is 10.0. The summed E-state index contributed by atoms with van der Waals surface area (Å²) < 4.78 is 37.4. The van der Waals surface area contributed by atoms with E-state index in [-0.39, 0.29) is 5.56 Å². The van der Waals surface area contributed by atoms with Crippen molar-refractivity contribution in [2.75, 3.05) is 0 Å². The number of rotatable bonds is 1. The predicted molar refractivity (Wildman–Crippen MR) is 50.6 cm³/mol. The number of halogens is 4. The Morgan fingerprint density at radius 3 is 2.29 bits per heavy atom. The number of aryl methyl sites for hydroxylation is 2. The lowest BCUT2D eigenvalue weighted by Gasteiger charge is -2.12. The van der Waals surface area contributed by atoms with E-state index in [2.05, 4.69) is 0 Å². The molecule has 1 rings (SSSR count). The molecule has 0 nitrogen and oxygen atoms in total. The zero-order valence-corrected chi connectivity index (χ0v) is 8.63. The fourth-order valence-electron chi connectivity index (χ4n) is 1.29. The minimum absolute atomic E-state index is 0.166. The quantitative estimate of drug-likeness (QED) is 0.667. The van der Waals surface area contributed by atoms with E-state index in [1.165, 1.54) is 13.0 Å². The molecule has 14 heavy (non-hydrogen) atoms. The van der Waals surface area contributed by atoms with Crippen LogP contribution in [0.5, 0.6) is 0 Å². The molecule has 0 heterocycles. The number of hydrogen-bond donors (Lipinski definition) is 0. The highest BCUT2D eigenvalue weighted by Crippen LogP contribution is 2.34. The summed E-state index contributed by atoms with van der Waals surface area (Å²) in [5.74, 6) is 0. The van der Waals surface area contributed by atoms with Gasteiger partial charge in [-0.25, -0.2) is 0 Å². The summed E-state index contributed by atoms with van der Waals surface area (Å²) in [6.45, 7) is 3.19. The molecule has 0 atom stereocenters. The normalized spacial score (nSPS) is 11.9. The maximum absolute atomic E-state index is 12.5. The molecule has 0 aliphatic rings. The molecular weight excluding hydrogens is 213 g/mol. The molecule has 0 radical (unpaired) electrons. The maximum atomic E-state index is 12.5. The average Bonchev–Trinajstić information content (AvgIpc) is 2.02. The highest BCUT2D eigenvalue weighted by atomic mass is 35.5. The first-order valence-corrected chi connectivity index (χ1v) is 4.60. The fourth-order valence-corrected chi connectivity index (χ4v) is 1.65. The maximum Gasteiger partial charge on any atom is 0.416 e. The van der Waals surface area contributed by atoms with Gasteiger partial charge in [0.25, 0.3) is 0 Å². The Morgan fingerprint density at radius 1 is 1.29 bits per heavy atom. The molecule has 0 aliphatic carbocycles. The van der Waals surface area contributed by atoms with Gasteiger partial charge < -0.3 is 0 Å². The van der Waals surface area contributed by atoms with Gasteiger partial charge >= 0.3 is 6.18 Å². The van der Waals surface area contributed by atoms with Crippen LogP contribution in [0.1, 0.15) is 23.6 Å². The first kappa shape index (κ1) is 11.4. The van der Waals surface area contributed by atoms with Gasteiger partial charge in [0.2, 0.25) is 0 Å². The van der Waals surface area contributed by atoms with E-state index in [1.807, 2.05) is 0 Å². The molecule has 0 saturated heterocycles. The zero-order valence-electron chi connectivity index (χ0n) is 7.87. The van der Waals surface area contributed by atoms with Crippen molar-refractivity contribution in [2.24, 2.45) is 0 Å². The summed E-state index contributed by atoms with van der Waals surface area (Å²) in [4.78, 5) is 0. The van der Waals surface area contributed by atoms with E-state index in [9.17, 15) is 13.2 Å². The number of benzene rings is 1. The molecule has 4 heteroatoms. The molecule has 0 bridgehead atoms. The van der Waals surface area contributed by atoms with Gasteiger partial charge in [0.15, 0.2) is 0 Å². The molecule has 0 amide bonds. The van der Waals surface area contributed by atoms with Crippen LogP contribution in [0.25, 0.3) is 0 Å². The van der Waals surface area contributed by atoms with E-state index in [1.54, 1.807) is 6.92 Å². The lowest BCUT2D eigenvalue weighted by Crippen LogP contribution is -2.08. The van der Waals surface area contributed by atoms with E-state index in [4.69, 9.17) is 11.6 Å². The summed E-state index contributed by atoms with van der Waals surface area (Å²) in [5, 5.41) is 0.401. The van der Waals surface area contributed by atoms with Gasteiger partial charge in [-0.05, 0) is 36.6 Å². The lowest BCUT2D eigenvalue weighted by molar-refractivity contribution is -0.138. The van der Waals surface area contributed by atoms with E-state index in [0.29, 0.717) is 17.0 Å². The summed E-state index contributed by atoms with van der Waals surface area (Å²) in [6, 6.07) is 2.49. The van der Waals surface area contributed by atoms with Crippen molar-refractivity contribution in [3.05, 3.63) is 33.8 Å². The largest absolute Gasteiger partial charge is 0.416 e.